The molecule has 1 aliphatic heterocycles. The molecule has 0 spiro atoms. The summed E-state index contributed by atoms with van der Waals surface area (Å²) >= 11 is 3.43. The molecule has 1 amide bonds. The van der Waals surface area contributed by atoms with Crippen molar-refractivity contribution >= 4 is 49.4 Å². The van der Waals surface area contributed by atoms with Crippen LogP contribution in [0.4, 0.5) is 0 Å². The Morgan fingerprint density at radius 2 is 1.85 bits per heavy atom. The molecular weight excluding hydrogens is 482 g/mol. The third kappa shape index (κ3) is 3.64. The fourth-order valence-corrected chi connectivity index (χ4v) is 4.89. The van der Waals surface area contributed by atoms with E-state index >= 15 is 0 Å². The van der Waals surface area contributed by atoms with Crippen molar-refractivity contribution < 1.29 is 19.1 Å². The molecule has 5 nitrogen and oxygen atoms in total. The maximum atomic E-state index is 13.7. The summed E-state index contributed by atoms with van der Waals surface area (Å²) in [7, 11) is 0. The van der Waals surface area contributed by atoms with E-state index in [-0.39, 0.29) is 11.3 Å². The Hall–Kier alpha value is -3.38. The lowest BCUT2D eigenvalue weighted by Crippen LogP contribution is -2.32. The van der Waals surface area contributed by atoms with Crippen LogP contribution in [0.1, 0.15) is 41.9 Å². The van der Waals surface area contributed by atoms with Crippen LogP contribution in [0.5, 0.6) is 0 Å². The molecule has 0 saturated heterocycles. The molecule has 0 fully saturated rings. The molecule has 6 heteroatoms. The van der Waals surface area contributed by atoms with Crippen molar-refractivity contribution in [2.45, 2.75) is 25.8 Å². The second kappa shape index (κ2) is 8.52. The highest BCUT2D eigenvalue weighted by molar-refractivity contribution is 9.10. The second-order valence-corrected chi connectivity index (χ2v) is 9.12. The molecule has 0 bridgehead atoms. The number of halogens is 1. The van der Waals surface area contributed by atoms with E-state index in [1.54, 1.807) is 17.0 Å². The SMILES string of the molecule is CCCCN1C(=O)C(O)=C(C(=O)c2cc3cc(Br)ccc3o2)C1c1cccc2ccccc12. The van der Waals surface area contributed by atoms with Gasteiger partial charge >= 0.3 is 0 Å². The number of carbonyl (C=O) groups is 2. The Bertz CT molecular complexity index is 1430. The number of Topliss-reactive ketones (excluding diaryl/α,β-unsaturated/α-hetero) is 1. The lowest BCUT2D eigenvalue weighted by Gasteiger charge is -2.27. The fraction of sp³-hybridized carbons (Fsp3) is 0.185. The van der Waals surface area contributed by atoms with E-state index in [1.165, 1.54) is 0 Å². The van der Waals surface area contributed by atoms with Crippen molar-refractivity contribution in [1.82, 2.24) is 4.90 Å². The third-order valence-corrected chi connectivity index (χ3v) is 6.61. The van der Waals surface area contributed by atoms with Crippen LogP contribution in [0.3, 0.4) is 0 Å². The minimum absolute atomic E-state index is 0.0607. The molecule has 1 aromatic heterocycles. The van der Waals surface area contributed by atoms with Gasteiger partial charge in [-0.3, -0.25) is 9.59 Å². The molecule has 0 saturated carbocycles. The number of fused-ring (bicyclic) bond motifs is 2. The number of carbonyl (C=O) groups excluding carboxylic acids is 2. The van der Waals surface area contributed by atoms with E-state index < -0.39 is 23.5 Å². The fourth-order valence-electron chi connectivity index (χ4n) is 4.52. The number of amides is 1. The number of ketones is 1. The zero-order chi connectivity index (χ0) is 23.1. The molecular formula is C27H22BrNO4. The standard InChI is InChI=1S/C27H22BrNO4/c1-2-3-13-29-24(20-10-6-8-16-7-4-5-9-19(16)20)23(26(31)27(29)32)25(30)22-15-17-14-18(28)11-12-21(17)33-22/h4-12,14-15,24,31H,2-3,13H2,1H3. The molecule has 1 unspecified atom stereocenters. The van der Waals surface area contributed by atoms with Gasteiger partial charge in [-0.25, -0.2) is 0 Å². The van der Waals surface area contributed by atoms with Crippen molar-refractivity contribution in [3.63, 3.8) is 0 Å². The predicted molar refractivity (Wildman–Crippen MR) is 131 cm³/mol. The van der Waals surface area contributed by atoms with Gasteiger partial charge in [0.15, 0.2) is 11.5 Å². The van der Waals surface area contributed by atoms with E-state index in [9.17, 15) is 14.7 Å². The first-order valence-electron chi connectivity index (χ1n) is 10.9. The van der Waals surface area contributed by atoms with Gasteiger partial charge in [0.1, 0.15) is 5.58 Å². The van der Waals surface area contributed by atoms with Crippen LogP contribution >= 0.6 is 15.9 Å². The number of rotatable bonds is 6. The van der Waals surface area contributed by atoms with Gasteiger partial charge in [-0.15, -0.1) is 0 Å². The summed E-state index contributed by atoms with van der Waals surface area (Å²) in [6.45, 7) is 2.48. The Balaban J connectivity index is 1.67. The lowest BCUT2D eigenvalue weighted by molar-refractivity contribution is -0.129. The second-order valence-electron chi connectivity index (χ2n) is 8.21. The van der Waals surface area contributed by atoms with Crippen LogP contribution in [0.25, 0.3) is 21.7 Å². The monoisotopic (exact) mass is 503 g/mol. The highest BCUT2D eigenvalue weighted by Gasteiger charge is 2.44. The Labute approximate surface area is 199 Å². The van der Waals surface area contributed by atoms with Gasteiger partial charge in [-0.05, 0) is 47.0 Å². The summed E-state index contributed by atoms with van der Waals surface area (Å²) < 4.78 is 6.69. The first-order chi connectivity index (χ1) is 16.0. The molecule has 3 aromatic carbocycles. The minimum Gasteiger partial charge on any atom is -0.503 e. The van der Waals surface area contributed by atoms with Crippen LogP contribution < -0.4 is 0 Å². The third-order valence-electron chi connectivity index (χ3n) is 6.12. The maximum Gasteiger partial charge on any atom is 0.290 e. The Morgan fingerprint density at radius 3 is 2.67 bits per heavy atom. The maximum absolute atomic E-state index is 13.7. The van der Waals surface area contributed by atoms with E-state index in [0.717, 1.165) is 39.0 Å². The highest BCUT2D eigenvalue weighted by Crippen LogP contribution is 2.42. The zero-order valence-corrected chi connectivity index (χ0v) is 19.6. The van der Waals surface area contributed by atoms with Gasteiger partial charge in [0.2, 0.25) is 5.78 Å². The van der Waals surface area contributed by atoms with Crippen LogP contribution in [0, 0.1) is 0 Å². The molecule has 166 valence electrons. The van der Waals surface area contributed by atoms with Gasteiger partial charge in [0, 0.05) is 16.4 Å². The molecule has 4 aromatic rings. The van der Waals surface area contributed by atoms with Crippen LogP contribution in [-0.4, -0.2) is 28.2 Å². The first kappa shape index (κ1) is 21.5. The largest absolute Gasteiger partial charge is 0.503 e. The average molecular weight is 504 g/mol. The minimum atomic E-state index is -0.692. The first-order valence-corrected chi connectivity index (χ1v) is 11.7. The summed E-state index contributed by atoms with van der Waals surface area (Å²) in [6.07, 6.45) is 1.65. The summed E-state index contributed by atoms with van der Waals surface area (Å²) in [5, 5.41) is 13.6. The van der Waals surface area contributed by atoms with Crippen LogP contribution in [0.2, 0.25) is 0 Å². The molecule has 1 atom stereocenters. The Kier molecular flexibility index (Phi) is 5.54. The van der Waals surface area contributed by atoms with E-state index in [0.29, 0.717) is 12.1 Å². The molecule has 33 heavy (non-hydrogen) atoms. The number of unbranched alkanes of at least 4 members (excludes halogenated alkanes) is 1. The number of hydrogen-bond donors (Lipinski definition) is 1. The molecule has 5 rings (SSSR count). The van der Waals surface area contributed by atoms with Gasteiger partial charge in [-0.2, -0.15) is 0 Å². The van der Waals surface area contributed by atoms with Crippen molar-refractivity contribution in [1.29, 1.82) is 0 Å². The van der Waals surface area contributed by atoms with Crippen molar-refractivity contribution in [3.05, 3.63) is 93.9 Å². The number of furan rings is 1. The van der Waals surface area contributed by atoms with E-state index in [4.69, 9.17) is 4.42 Å². The number of hydrogen-bond acceptors (Lipinski definition) is 4. The predicted octanol–water partition coefficient (Wildman–Crippen LogP) is 6.73. The average Bonchev–Trinajstić information content (AvgIpc) is 3.35. The molecule has 1 aliphatic rings. The summed E-state index contributed by atoms with van der Waals surface area (Å²) in [5.41, 5.74) is 1.44. The summed E-state index contributed by atoms with van der Waals surface area (Å²) in [4.78, 5) is 28.4. The van der Waals surface area contributed by atoms with E-state index in [2.05, 4.69) is 15.9 Å². The highest BCUT2D eigenvalue weighted by atomic mass is 79.9. The normalized spacial score (nSPS) is 16.4. The number of aliphatic hydroxyl groups excluding tert-OH is 1. The molecule has 0 radical (unpaired) electrons. The quantitative estimate of drug-likeness (QED) is 0.296. The van der Waals surface area contributed by atoms with Gasteiger partial charge in [0.05, 0.1) is 11.6 Å². The topological polar surface area (TPSA) is 70.8 Å². The molecule has 0 aliphatic carbocycles. The van der Waals surface area contributed by atoms with Crippen LogP contribution in [0.15, 0.2) is 87.0 Å². The van der Waals surface area contributed by atoms with Crippen molar-refractivity contribution in [2.24, 2.45) is 0 Å². The Morgan fingerprint density at radius 1 is 1.06 bits per heavy atom. The number of benzene rings is 3. The number of aliphatic hydroxyl groups is 1. The van der Waals surface area contributed by atoms with E-state index in [1.807, 2.05) is 61.5 Å². The number of nitrogens with zero attached hydrogens (tertiary/aromatic N) is 1. The summed E-state index contributed by atoms with van der Waals surface area (Å²) in [5.74, 6) is -1.41. The van der Waals surface area contributed by atoms with Gasteiger partial charge in [0.25, 0.3) is 5.91 Å². The van der Waals surface area contributed by atoms with Crippen molar-refractivity contribution in [3.8, 4) is 0 Å². The van der Waals surface area contributed by atoms with Gasteiger partial charge < -0.3 is 14.4 Å². The summed E-state index contributed by atoms with van der Waals surface area (Å²) in [6, 6.07) is 20.1. The molecule has 1 N–H and O–H groups in total. The van der Waals surface area contributed by atoms with Crippen molar-refractivity contribution in [2.75, 3.05) is 6.54 Å². The lowest BCUT2D eigenvalue weighted by atomic mass is 9.91. The zero-order valence-electron chi connectivity index (χ0n) is 18.0. The van der Waals surface area contributed by atoms with Crippen LogP contribution in [-0.2, 0) is 4.79 Å². The smallest absolute Gasteiger partial charge is 0.290 e. The molecule has 2 heterocycles. The van der Waals surface area contributed by atoms with Gasteiger partial charge in [-0.1, -0.05) is 71.7 Å².